The van der Waals surface area contributed by atoms with E-state index in [2.05, 4.69) is 31.2 Å². The molecule has 0 aromatic heterocycles. The van der Waals surface area contributed by atoms with Crippen LogP contribution in [-0.4, -0.2) is 17.8 Å². The average molecular weight is 232 g/mol. The zero-order valence-corrected chi connectivity index (χ0v) is 10.4. The highest BCUT2D eigenvalue weighted by Crippen LogP contribution is 2.46. The first-order valence-corrected chi connectivity index (χ1v) is 6.60. The molecule has 1 aromatic rings. The maximum atomic E-state index is 9.96. The molecule has 3 unspecified atom stereocenters. The fraction of sp³-hybridized carbons (Fsp3) is 0.600. The topological polar surface area (TPSA) is 29.5 Å². The van der Waals surface area contributed by atoms with Crippen LogP contribution in [0.25, 0.3) is 0 Å². The van der Waals surface area contributed by atoms with Gasteiger partial charge in [-0.25, -0.2) is 0 Å². The lowest BCUT2D eigenvalue weighted by molar-refractivity contribution is -0.0276. The molecule has 1 heterocycles. The number of benzene rings is 1. The Morgan fingerprint density at radius 2 is 2.18 bits per heavy atom. The molecule has 1 spiro atoms. The first-order valence-electron chi connectivity index (χ1n) is 6.60. The van der Waals surface area contributed by atoms with Crippen molar-refractivity contribution in [3.63, 3.8) is 0 Å². The molecular weight excluding hydrogens is 212 g/mol. The quantitative estimate of drug-likeness (QED) is 0.745. The molecule has 3 atom stereocenters. The maximum absolute atomic E-state index is 9.96. The van der Waals surface area contributed by atoms with Crippen LogP contribution < -0.4 is 0 Å². The molecule has 1 aliphatic carbocycles. The summed E-state index contributed by atoms with van der Waals surface area (Å²) in [7, 11) is 0. The van der Waals surface area contributed by atoms with E-state index in [0.29, 0.717) is 0 Å². The zero-order valence-electron chi connectivity index (χ0n) is 10.4. The van der Waals surface area contributed by atoms with Gasteiger partial charge in [-0.15, -0.1) is 0 Å². The van der Waals surface area contributed by atoms with Gasteiger partial charge in [-0.3, -0.25) is 0 Å². The molecule has 17 heavy (non-hydrogen) atoms. The Labute approximate surface area is 103 Å². The summed E-state index contributed by atoms with van der Waals surface area (Å²) in [5.41, 5.74) is 2.80. The van der Waals surface area contributed by atoms with Crippen LogP contribution in [0.5, 0.6) is 0 Å². The van der Waals surface area contributed by atoms with Crippen molar-refractivity contribution < 1.29 is 9.84 Å². The summed E-state index contributed by atoms with van der Waals surface area (Å²) in [5.74, 6) is 0. The molecule has 1 saturated carbocycles. The molecule has 2 heteroatoms. The highest BCUT2D eigenvalue weighted by molar-refractivity contribution is 5.38. The third kappa shape index (κ3) is 1.80. The number of aliphatic hydroxyl groups is 1. The molecule has 0 amide bonds. The minimum Gasteiger partial charge on any atom is -0.393 e. The Kier molecular flexibility index (Phi) is 2.72. The molecule has 1 fully saturated rings. The van der Waals surface area contributed by atoms with Crippen LogP contribution in [0.15, 0.2) is 24.3 Å². The minimum atomic E-state index is -0.159. The molecule has 3 rings (SSSR count). The van der Waals surface area contributed by atoms with Gasteiger partial charge in [-0.05, 0) is 43.7 Å². The number of hydrogen-bond acceptors (Lipinski definition) is 2. The fourth-order valence-corrected chi connectivity index (χ4v) is 3.49. The van der Waals surface area contributed by atoms with Gasteiger partial charge in [-0.1, -0.05) is 24.3 Å². The van der Waals surface area contributed by atoms with Crippen molar-refractivity contribution in [2.75, 3.05) is 6.61 Å². The summed E-state index contributed by atoms with van der Waals surface area (Å²) >= 11 is 0. The Bertz CT molecular complexity index is 415. The Morgan fingerprint density at radius 3 is 3.00 bits per heavy atom. The molecule has 2 aliphatic rings. The predicted octanol–water partition coefficient (Wildman–Crippen LogP) is 2.95. The van der Waals surface area contributed by atoms with E-state index >= 15 is 0 Å². The van der Waals surface area contributed by atoms with Crippen molar-refractivity contribution in [1.29, 1.82) is 0 Å². The van der Waals surface area contributed by atoms with Crippen molar-refractivity contribution >= 4 is 0 Å². The Balaban J connectivity index is 2.05. The highest BCUT2D eigenvalue weighted by Gasteiger charge is 2.42. The van der Waals surface area contributed by atoms with Crippen LogP contribution in [0.3, 0.4) is 0 Å². The van der Waals surface area contributed by atoms with E-state index in [1.807, 2.05) is 0 Å². The number of fused-ring (bicyclic) bond motifs is 2. The standard InChI is InChI=1S/C15H20O2/c1-11-13-6-2-3-7-14(13)15(10-17-11)8-4-5-12(16)9-15/h2-3,6-7,11-12,16H,4-5,8-10H2,1H3. The molecular formula is C15H20O2. The summed E-state index contributed by atoms with van der Waals surface area (Å²) in [6, 6.07) is 8.59. The third-order valence-electron chi connectivity index (χ3n) is 4.40. The van der Waals surface area contributed by atoms with Gasteiger partial charge in [0, 0.05) is 5.41 Å². The van der Waals surface area contributed by atoms with E-state index in [-0.39, 0.29) is 17.6 Å². The maximum Gasteiger partial charge on any atom is 0.0800 e. The van der Waals surface area contributed by atoms with Gasteiger partial charge in [-0.2, -0.15) is 0 Å². The van der Waals surface area contributed by atoms with Gasteiger partial charge in [0.15, 0.2) is 0 Å². The smallest absolute Gasteiger partial charge is 0.0800 e. The van der Waals surface area contributed by atoms with Crippen molar-refractivity contribution in [3.8, 4) is 0 Å². The van der Waals surface area contributed by atoms with Crippen molar-refractivity contribution in [3.05, 3.63) is 35.4 Å². The van der Waals surface area contributed by atoms with Gasteiger partial charge in [0.2, 0.25) is 0 Å². The minimum absolute atomic E-state index is 0.0702. The second-order valence-corrected chi connectivity index (χ2v) is 5.57. The summed E-state index contributed by atoms with van der Waals surface area (Å²) in [6.07, 6.45) is 4.08. The van der Waals surface area contributed by atoms with Gasteiger partial charge in [0.25, 0.3) is 0 Å². The van der Waals surface area contributed by atoms with Crippen molar-refractivity contribution in [2.24, 2.45) is 0 Å². The first-order chi connectivity index (χ1) is 8.21. The van der Waals surface area contributed by atoms with Crippen LogP contribution in [0.1, 0.15) is 49.8 Å². The van der Waals surface area contributed by atoms with E-state index in [1.165, 1.54) is 11.1 Å². The average Bonchev–Trinajstić information content (AvgIpc) is 2.35. The van der Waals surface area contributed by atoms with E-state index in [9.17, 15) is 5.11 Å². The lowest BCUT2D eigenvalue weighted by atomic mass is 9.66. The van der Waals surface area contributed by atoms with E-state index in [4.69, 9.17) is 4.74 Å². The van der Waals surface area contributed by atoms with Crippen LogP contribution in [-0.2, 0) is 10.2 Å². The lowest BCUT2D eigenvalue weighted by Crippen LogP contribution is -2.43. The Hall–Kier alpha value is -0.860. The van der Waals surface area contributed by atoms with E-state index in [1.54, 1.807) is 0 Å². The third-order valence-corrected chi connectivity index (χ3v) is 4.40. The number of ether oxygens (including phenoxy) is 1. The molecule has 1 aromatic carbocycles. The SMILES string of the molecule is CC1OCC2(CCCC(O)C2)c2ccccc21. The van der Waals surface area contributed by atoms with Crippen LogP contribution >= 0.6 is 0 Å². The Morgan fingerprint density at radius 1 is 1.35 bits per heavy atom. The van der Waals surface area contributed by atoms with Crippen LogP contribution in [0.4, 0.5) is 0 Å². The molecule has 0 saturated heterocycles. The largest absolute Gasteiger partial charge is 0.393 e. The predicted molar refractivity (Wildman–Crippen MR) is 67.0 cm³/mol. The monoisotopic (exact) mass is 232 g/mol. The summed E-state index contributed by atoms with van der Waals surface area (Å²) in [5, 5.41) is 9.96. The summed E-state index contributed by atoms with van der Waals surface area (Å²) in [4.78, 5) is 0. The van der Waals surface area contributed by atoms with Crippen LogP contribution in [0.2, 0.25) is 0 Å². The number of rotatable bonds is 0. The second-order valence-electron chi connectivity index (χ2n) is 5.57. The van der Waals surface area contributed by atoms with Crippen LogP contribution in [0, 0.1) is 0 Å². The zero-order chi connectivity index (χ0) is 11.9. The first kappa shape index (κ1) is 11.2. The molecule has 92 valence electrons. The molecule has 0 bridgehead atoms. The number of aliphatic hydroxyl groups excluding tert-OH is 1. The van der Waals surface area contributed by atoms with Gasteiger partial charge < -0.3 is 9.84 Å². The highest BCUT2D eigenvalue weighted by atomic mass is 16.5. The molecule has 1 N–H and O–H groups in total. The van der Waals surface area contributed by atoms with Gasteiger partial charge in [0.1, 0.15) is 0 Å². The summed E-state index contributed by atoms with van der Waals surface area (Å²) < 4.78 is 5.93. The fourth-order valence-electron chi connectivity index (χ4n) is 3.49. The molecule has 0 radical (unpaired) electrons. The lowest BCUT2D eigenvalue weighted by Gasteiger charge is -2.45. The van der Waals surface area contributed by atoms with E-state index < -0.39 is 0 Å². The van der Waals surface area contributed by atoms with E-state index in [0.717, 1.165) is 32.3 Å². The number of hydrogen-bond donors (Lipinski definition) is 1. The summed E-state index contributed by atoms with van der Waals surface area (Å²) in [6.45, 7) is 2.88. The van der Waals surface area contributed by atoms with Gasteiger partial charge >= 0.3 is 0 Å². The van der Waals surface area contributed by atoms with Crippen molar-refractivity contribution in [2.45, 2.75) is 50.2 Å². The molecule has 2 nitrogen and oxygen atoms in total. The van der Waals surface area contributed by atoms with Gasteiger partial charge in [0.05, 0.1) is 18.8 Å². The van der Waals surface area contributed by atoms with Crippen molar-refractivity contribution in [1.82, 2.24) is 0 Å². The normalized spacial score (nSPS) is 36.8. The molecule has 1 aliphatic heterocycles. The second kappa shape index (κ2) is 4.11.